The minimum atomic E-state index is -0.133. The quantitative estimate of drug-likeness (QED) is 0.591. The van der Waals surface area contributed by atoms with Crippen LogP contribution in [0.3, 0.4) is 0 Å². The molecule has 0 atom stereocenters. The van der Waals surface area contributed by atoms with Crippen LogP contribution in [-0.2, 0) is 11.2 Å². The number of hydrogen-bond acceptors (Lipinski definition) is 3. The fourth-order valence-corrected chi connectivity index (χ4v) is 3.22. The summed E-state index contributed by atoms with van der Waals surface area (Å²) in [4.78, 5) is 39.0. The second kappa shape index (κ2) is 9.69. The molecule has 0 unspecified atom stereocenters. The molecule has 0 radical (unpaired) electrons. The lowest BCUT2D eigenvalue weighted by Gasteiger charge is -2.32. The maximum Gasteiger partial charge on any atom is 0.253 e. The standard InChI is InChI=1S/C22H25N3O3/c26-17-24-13-15-25(16-14-24)22(28)20-10-8-19(9-11-20)21(27)23-12-4-7-18-5-2-1-3-6-18/h1-3,5-6,8-11,17H,4,7,12-16H2,(H,23,27). The summed E-state index contributed by atoms with van der Waals surface area (Å²) in [5.41, 5.74) is 2.36. The highest BCUT2D eigenvalue weighted by molar-refractivity contribution is 5.97. The fraction of sp³-hybridized carbons (Fsp3) is 0.318. The van der Waals surface area contributed by atoms with Crippen molar-refractivity contribution in [1.82, 2.24) is 15.1 Å². The smallest absolute Gasteiger partial charge is 0.253 e. The van der Waals surface area contributed by atoms with Gasteiger partial charge in [0.25, 0.3) is 11.8 Å². The minimum Gasteiger partial charge on any atom is -0.352 e. The monoisotopic (exact) mass is 379 g/mol. The van der Waals surface area contributed by atoms with Gasteiger partial charge in [0.05, 0.1) is 0 Å². The molecule has 6 nitrogen and oxygen atoms in total. The molecule has 1 fully saturated rings. The molecule has 3 rings (SSSR count). The predicted molar refractivity (Wildman–Crippen MR) is 107 cm³/mol. The van der Waals surface area contributed by atoms with E-state index in [0.29, 0.717) is 43.9 Å². The summed E-state index contributed by atoms with van der Waals surface area (Å²) < 4.78 is 0. The van der Waals surface area contributed by atoms with Crippen LogP contribution in [0.25, 0.3) is 0 Å². The van der Waals surface area contributed by atoms with E-state index in [4.69, 9.17) is 0 Å². The van der Waals surface area contributed by atoms with Crippen molar-refractivity contribution in [3.05, 3.63) is 71.3 Å². The Hall–Kier alpha value is -3.15. The fourth-order valence-electron chi connectivity index (χ4n) is 3.22. The van der Waals surface area contributed by atoms with Crippen molar-refractivity contribution in [1.29, 1.82) is 0 Å². The maximum atomic E-state index is 12.5. The summed E-state index contributed by atoms with van der Waals surface area (Å²) in [7, 11) is 0. The van der Waals surface area contributed by atoms with E-state index in [9.17, 15) is 14.4 Å². The molecule has 0 bridgehead atoms. The number of piperazine rings is 1. The Labute approximate surface area is 165 Å². The molecule has 2 aromatic carbocycles. The molecular weight excluding hydrogens is 354 g/mol. The van der Waals surface area contributed by atoms with Crippen molar-refractivity contribution in [3.8, 4) is 0 Å². The Morgan fingerprint density at radius 2 is 1.54 bits per heavy atom. The number of aryl methyl sites for hydroxylation is 1. The van der Waals surface area contributed by atoms with Crippen LogP contribution in [0.15, 0.2) is 54.6 Å². The molecule has 0 aromatic heterocycles. The number of benzene rings is 2. The predicted octanol–water partition coefficient (Wildman–Crippen LogP) is 1.96. The summed E-state index contributed by atoms with van der Waals surface area (Å²) in [5.74, 6) is -0.202. The highest BCUT2D eigenvalue weighted by Crippen LogP contribution is 2.10. The number of amides is 3. The highest BCUT2D eigenvalue weighted by atomic mass is 16.2. The van der Waals surface area contributed by atoms with E-state index in [1.807, 2.05) is 18.2 Å². The first-order chi connectivity index (χ1) is 13.7. The molecule has 28 heavy (non-hydrogen) atoms. The third-order valence-corrected chi connectivity index (χ3v) is 4.92. The molecule has 146 valence electrons. The van der Waals surface area contributed by atoms with Gasteiger partial charge in [-0.3, -0.25) is 14.4 Å². The van der Waals surface area contributed by atoms with E-state index in [2.05, 4.69) is 17.4 Å². The van der Waals surface area contributed by atoms with Crippen LogP contribution >= 0.6 is 0 Å². The molecule has 2 aromatic rings. The summed E-state index contributed by atoms with van der Waals surface area (Å²) in [6, 6.07) is 16.9. The lowest BCUT2D eigenvalue weighted by Crippen LogP contribution is -2.48. The Bertz CT molecular complexity index is 798. The SMILES string of the molecule is O=CN1CCN(C(=O)c2ccc(C(=O)NCCCc3ccccc3)cc2)CC1. The van der Waals surface area contributed by atoms with E-state index in [1.54, 1.807) is 34.1 Å². The maximum absolute atomic E-state index is 12.5. The Morgan fingerprint density at radius 1 is 0.893 bits per heavy atom. The van der Waals surface area contributed by atoms with E-state index in [1.165, 1.54) is 5.56 Å². The van der Waals surface area contributed by atoms with Crippen LogP contribution in [0.1, 0.15) is 32.7 Å². The second-order valence-electron chi connectivity index (χ2n) is 6.86. The first-order valence-corrected chi connectivity index (χ1v) is 9.58. The van der Waals surface area contributed by atoms with Crippen molar-refractivity contribution in [2.45, 2.75) is 12.8 Å². The average Bonchev–Trinajstić information content (AvgIpc) is 2.77. The lowest BCUT2D eigenvalue weighted by atomic mass is 10.1. The molecule has 3 amide bonds. The molecule has 1 aliphatic rings. The third-order valence-electron chi connectivity index (χ3n) is 4.92. The number of hydrogen-bond donors (Lipinski definition) is 1. The van der Waals surface area contributed by atoms with Gasteiger partial charge in [0.1, 0.15) is 0 Å². The molecule has 6 heteroatoms. The van der Waals surface area contributed by atoms with Gasteiger partial charge in [-0.1, -0.05) is 30.3 Å². The molecular formula is C22H25N3O3. The van der Waals surface area contributed by atoms with Gasteiger partial charge >= 0.3 is 0 Å². The van der Waals surface area contributed by atoms with Gasteiger partial charge in [-0.05, 0) is 42.7 Å². The van der Waals surface area contributed by atoms with Gasteiger partial charge in [-0.25, -0.2) is 0 Å². The van der Waals surface area contributed by atoms with Crippen LogP contribution in [0.4, 0.5) is 0 Å². The summed E-state index contributed by atoms with van der Waals surface area (Å²) >= 11 is 0. The first-order valence-electron chi connectivity index (χ1n) is 9.58. The van der Waals surface area contributed by atoms with Gasteiger partial charge in [0, 0.05) is 43.9 Å². The molecule has 1 saturated heterocycles. The summed E-state index contributed by atoms with van der Waals surface area (Å²) in [5, 5.41) is 2.92. The zero-order valence-electron chi connectivity index (χ0n) is 15.8. The van der Waals surface area contributed by atoms with Gasteiger partial charge in [-0.2, -0.15) is 0 Å². The van der Waals surface area contributed by atoms with Gasteiger partial charge in [0.2, 0.25) is 6.41 Å². The summed E-state index contributed by atoms with van der Waals surface area (Å²) in [6.07, 6.45) is 2.61. The molecule has 0 saturated carbocycles. The van der Waals surface area contributed by atoms with E-state index < -0.39 is 0 Å². The molecule has 1 aliphatic heterocycles. The van der Waals surface area contributed by atoms with E-state index >= 15 is 0 Å². The zero-order valence-corrected chi connectivity index (χ0v) is 15.8. The minimum absolute atomic E-state index is 0.0691. The number of carbonyl (C=O) groups excluding carboxylic acids is 3. The van der Waals surface area contributed by atoms with Crippen molar-refractivity contribution < 1.29 is 14.4 Å². The number of nitrogens with zero attached hydrogens (tertiary/aromatic N) is 2. The first kappa shape index (κ1) is 19.6. The van der Waals surface area contributed by atoms with E-state index in [-0.39, 0.29) is 11.8 Å². The Balaban J connectivity index is 1.46. The van der Waals surface area contributed by atoms with Crippen LogP contribution < -0.4 is 5.32 Å². The Kier molecular flexibility index (Phi) is 6.78. The summed E-state index contributed by atoms with van der Waals surface area (Å²) in [6.45, 7) is 2.77. The van der Waals surface area contributed by atoms with Gasteiger partial charge < -0.3 is 15.1 Å². The Morgan fingerprint density at radius 3 is 2.18 bits per heavy atom. The largest absolute Gasteiger partial charge is 0.352 e. The molecule has 0 spiro atoms. The van der Waals surface area contributed by atoms with Crippen LogP contribution in [0, 0.1) is 0 Å². The van der Waals surface area contributed by atoms with Crippen LogP contribution in [-0.4, -0.2) is 60.7 Å². The molecule has 1 heterocycles. The van der Waals surface area contributed by atoms with Crippen molar-refractivity contribution in [2.24, 2.45) is 0 Å². The van der Waals surface area contributed by atoms with Crippen LogP contribution in [0.5, 0.6) is 0 Å². The van der Waals surface area contributed by atoms with Crippen molar-refractivity contribution in [3.63, 3.8) is 0 Å². The number of nitrogens with one attached hydrogen (secondary N) is 1. The van der Waals surface area contributed by atoms with Crippen molar-refractivity contribution >= 4 is 18.2 Å². The molecule has 1 N–H and O–H groups in total. The highest BCUT2D eigenvalue weighted by Gasteiger charge is 2.21. The third kappa shape index (κ3) is 5.19. The topological polar surface area (TPSA) is 69.7 Å². The second-order valence-corrected chi connectivity index (χ2v) is 6.86. The van der Waals surface area contributed by atoms with Gasteiger partial charge in [-0.15, -0.1) is 0 Å². The lowest BCUT2D eigenvalue weighted by molar-refractivity contribution is -0.119. The average molecular weight is 379 g/mol. The zero-order chi connectivity index (χ0) is 19.8. The number of carbonyl (C=O) groups is 3. The van der Waals surface area contributed by atoms with Crippen molar-refractivity contribution in [2.75, 3.05) is 32.7 Å². The normalized spacial score (nSPS) is 13.9. The van der Waals surface area contributed by atoms with Gasteiger partial charge in [0.15, 0.2) is 0 Å². The number of rotatable bonds is 7. The van der Waals surface area contributed by atoms with Crippen LogP contribution in [0.2, 0.25) is 0 Å². The molecule has 0 aliphatic carbocycles. The van der Waals surface area contributed by atoms with E-state index in [0.717, 1.165) is 19.3 Å².